The SMILES string of the molecule is COc1ccc2nc(N(/N=C/c3ccc(C)cc3)C(=O)c3ccc(Cc4ccccc4)cc3)sc2c1. The summed E-state index contributed by atoms with van der Waals surface area (Å²) in [6.45, 7) is 2.04. The zero-order valence-electron chi connectivity index (χ0n) is 20.1. The Labute approximate surface area is 214 Å². The summed E-state index contributed by atoms with van der Waals surface area (Å²) in [4.78, 5) is 18.3. The molecule has 1 heterocycles. The van der Waals surface area contributed by atoms with E-state index in [2.05, 4.69) is 22.2 Å². The van der Waals surface area contributed by atoms with Gasteiger partial charge in [-0.05, 0) is 60.4 Å². The zero-order valence-corrected chi connectivity index (χ0v) is 20.9. The summed E-state index contributed by atoms with van der Waals surface area (Å²) in [5.41, 5.74) is 5.77. The molecule has 0 aliphatic heterocycles. The van der Waals surface area contributed by atoms with Gasteiger partial charge in [-0.25, -0.2) is 4.98 Å². The number of anilines is 1. The van der Waals surface area contributed by atoms with Crippen molar-refractivity contribution in [2.24, 2.45) is 5.10 Å². The lowest BCUT2D eigenvalue weighted by atomic mass is 10.0. The summed E-state index contributed by atoms with van der Waals surface area (Å²) < 4.78 is 6.27. The summed E-state index contributed by atoms with van der Waals surface area (Å²) in [6.07, 6.45) is 2.50. The second-order valence-corrected chi connectivity index (χ2v) is 9.47. The third-order valence-corrected chi connectivity index (χ3v) is 6.80. The van der Waals surface area contributed by atoms with Crippen LogP contribution in [0.15, 0.2) is 102 Å². The number of hydrogen-bond donors (Lipinski definition) is 0. The number of nitrogens with zero attached hydrogens (tertiary/aromatic N) is 3. The molecule has 0 atom stereocenters. The number of carbonyl (C=O) groups excluding carboxylic acids is 1. The van der Waals surface area contributed by atoms with E-state index in [0.29, 0.717) is 10.7 Å². The highest BCUT2D eigenvalue weighted by atomic mass is 32.1. The second kappa shape index (κ2) is 10.5. The second-order valence-electron chi connectivity index (χ2n) is 8.46. The zero-order chi connectivity index (χ0) is 24.9. The maximum Gasteiger partial charge on any atom is 0.280 e. The van der Waals surface area contributed by atoms with Gasteiger partial charge < -0.3 is 4.74 Å². The fraction of sp³-hybridized carbons (Fsp3) is 0.100. The lowest BCUT2D eigenvalue weighted by Crippen LogP contribution is -2.25. The molecule has 0 radical (unpaired) electrons. The topological polar surface area (TPSA) is 54.8 Å². The maximum absolute atomic E-state index is 13.6. The van der Waals surface area contributed by atoms with Crippen molar-refractivity contribution in [3.63, 3.8) is 0 Å². The molecule has 1 amide bonds. The van der Waals surface area contributed by atoms with Gasteiger partial charge in [0.15, 0.2) is 0 Å². The van der Waals surface area contributed by atoms with Crippen LogP contribution in [-0.4, -0.2) is 24.2 Å². The molecule has 6 heteroatoms. The first kappa shape index (κ1) is 23.5. The molecule has 0 bridgehead atoms. The smallest absolute Gasteiger partial charge is 0.280 e. The van der Waals surface area contributed by atoms with Crippen molar-refractivity contribution >= 4 is 38.8 Å². The van der Waals surface area contributed by atoms with Gasteiger partial charge in [0.05, 0.1) is 23.5 Å². The minimum absolute atomic E-state index is 0.240. The van der Waals surface area contributed by atoms with Crippen molar-refractivity contribution in [1.29, 1.82) is 0 Å². The van der Waals surface area contributed by atoms with Gasteiger partial charge in [0, 0.05) is 5.56 Å². The van der Waals surface area contributed by atoms with E-state index in [1.807, 2.05) is 91.9 Å². The van der Waals surface area contributed by atoms with Gasteiger partial charge in [-0.1, -0.05) is 83.6 Å². The molecule has 5 nitrogen and oxygen atoms in total. The van der Waals surface area contributed by atoms with Crippen LogP contribution in [0.5, 0.6) is 5.75 Å². The molecule has 0 unspecified atom stereocenters. The Bertz CT molecular complexity index is 1510. The van der Waals surface area contributed by atoms with Crippen LogP contribution in [0.4, 0.5) is 5.13 Å². The van der Waals surface area contributed by atoms with Crippen LogP contribution < -0.4 is 9.75 Å². The number of rotatable bonds is 7. The van der Waals surface area contributed by atoms with Crippen molar-refractivity contribution in [2.75, 3.05) is 12.1 Å². The molecule has 0 spiro atoms. The van der Waals surface area contributed by atoms with Crippen LogP contribution in [-0.2, 0) is 6.42 Å². The van der Waals surface area contributed by atoms with Gasteiger partial charge in [0.25, 0.3) is 5.91 Å². The van der Waals surface area contributed by atoms with Crippen LogP contribution in [0.2, 0.25) is 0 Å². The van der Waals surface area contributed by atoms with Crippen LogP contribution in [0.25, 0.3) is 10.2 Å². The van der Waals surface area contributed by atoms with Crippen LogP contribution in [0.3, 0.4) is 0 Å². The van der Waals surface area contributed by atoms with E-state index in [1.165, 1.54) is 21.9 Å². The highest BCUT2D eigenvalue weighted by Gasteiger charge is 2.21. The average molecular weight is 492 g/mol. The minimum Gasteiger partial charge on any atom is -0.497 e. The van der Waals surface area contributed by atoms with Crippen LogP contribution in [0, 0.1) is 6.92 Å². The van der Waals surface area contributed by atoms with E-state index in [4.69, 9.17) is 4.74 Å². The monoisotopic (exact) mass is 491 g/mol. The van der Waals surface area contributed by atoms with E-state index in [9.17, 15) is 4.79 Å². The van der Waals surface area contributed by atoms with Crippen molar-refractivity contribution in [1.82, 2.24) is 4.98 Å². The quantitative estimate of drug-likeness (QED) is 0.184. The summed E-state index contributed by atoms with van der Waals surface area (Å²) in [7, 11) is 1.63. The molecule has 178 valence electrons. The standard InChI is InChI=1S/C30H25N3O2S/c1-21-8-10-24(11-9-21)20-31-33(30-32-27-17-16-26(35-2)19-28(27)36-30)29(34)25-14-12-23(13-15-25)18-22-6-4-3-5-7-22/h3-17,19-20H,18H2,1-2H3/b31-20+. The van der Waals surface area contributed by atoms with Crippen LogP contribution >= 0.6 is 11.3 Å². The molecule has 0 saturated heterocycles. The van der Waals surface area contributed by atoms with Crippen molar-refractivity contribution in [2.45, 2.75) is 13.3 Å². The number of ether oxygens (including phenoxy) is 1. The van der Waals surface area contributed by atoms with Crippen molar-refractivity contribution in [3.8, 4) is 5.75 Å². The van der Waals surface area contributed by atoms with Gasteiger partial charge >= 0.3 is 0 Å². The molecule has 0 saturated carbocycles. The van der Waals surface area contributed by atoms with Gasteiger partial charge in [0.2, 0.25) is 5.13 Å². The number of fused-ring (bicyclic) bond motifs is 1. The summed E-state index contributed by atoms with van der Waals surface area (Å²) >= 11 is 1.40. The average Bonchev–Trinajstić information content (AvgIpc) is 3.33. The van der Waals surface area contributed by atoms with Gasteiger partial charge in [-0.2, -0.15) is 10.1 Å². The number of aryl methyl sites for hydroxylation is 1. The summed E-state index contributed by atoms with van der Waals surface area (Å²) in [5.74, 6) is 0.503. The minimum atomic E-state index is -0.240. The normalized spacial score (nSPS) is 11.2. The molecular weight excluding hydrogens is 466 g/mol. The van der Waals surface area contributed by atoms with Gasteiger partial charge in [-0.3, -0.25) is 4.79 Å². The molecule has 0 aliphatic carbocycles. The maximum atomic E-state index is 13.6. The first-order chi connectivity index (χ1) is 17.6. The number of carbonyl (C=O) groups is 1. The molecule has 36 heavy (non-hydrogen) atoms. The highest BCUT2D eigenvalue weighted by molar-refractivity contribution is 7.22. The molecule has 4 aromatic carbocycles. The Morgan fingerprint density at radius 2 is 1.67 bits per heavy atom. The summed E-state index contributed by atoms with van der Waals surface area (Å²) in [6, 6.07) is 31.6. The molecule has 5 rings (SSSR count). The predicted molar refractivity (Wildman–Crippen MR) is 147 cm³/mol. The molecular formula is C30H25N3O2S. The number of methoxy groups -OCH3 is 1. The fourth-order valence-electron chi connectivity index (χ4n) is 3.79. The highest BCUT2D eigenvalue weighted by Crippen LogP contribution is 2.32. The first-order valence-electron chi connectivity index (χ1n) is 11.6. The summed E-state index contributed by atoms with van der Waals surface area (Å²) in [5, 5.41) is 6.45. The molecule has 1 aromatic heterocycles. The number of thiazole rings is 1. The number of aromatic nitrogens is 1. The predicted octanol–water partition coefficient (Wildman–Crippen LogP) is 6.89. The number of amides is 1. The Morgan fingerprint density at radius 1 is 0.944 bits per heavy atom. The first-order valence-corrected chi connectivity index (χ1v) is 12.4. The van der Waals surface area contributed by atoms with E-state index in [1.54, 1.807) is 13.3 Å². The number of benzene rings is 4. The molecule has 0 aliphatic rings. The largest absolute Gasteiger partial charge is 0.497 e. The van der Waals surface area contributed by atoms with Gasteiger partial charge in [0.1, 0.15) is 5.75 Å². The lowest BCUT2D eigenvalue weighted by molar-refractivity contribution is 0.0988. The lowest BCUT2D eigenvalue weighted by Gasteiger charge is -2.14. The number of hydrogen-bond acceptors (Lipinski definition) is 5. The van der Waals surface area contributed by atoms with E-state index >= 15 is 0 Å². The van der Waals surface area contributed by atoms with Crippen molar-refractivity contribution in [3.05, 3.63) is 125 Å². The fourth-order valence-corrected chi connectivity index (χ4v) is 4.75. The Balaban J connectivity index is 1.46. The van der Waals surface area contributed by atoms with Gasteiger partial charge in [-0.15, -0.1) is 0 Å². The van der Waals surface area contributed by atoms with E-state index in [0.717, 1.165) is 39.1 Å². The van der Waals surface area contributed by atoms with Crippen molar-refractivity contribution < 1.29 is 9.53 Å². The Morgan fingerprint density at radius 3 is 2.39 bits per heavy atom. The third-order valence-electron chi connectivity index (χ3n) is 5.81. The van der Waals surface area contributed by atoms with E-state index in [-0.39, 0.29) is 5.91 Å². The van der Waals surface area contributed by atoms with E-state index < -0.39 is 0 Å². The molecule has 0 fully saturated rings. The molecule has 0 N–H and O–H groups in total. The third kappa shape index (κ3) is 5.34. The Kier molecular flexibility index (Phi) is 6.87. The van der Waals surface area contributed by atoms with Crippen LogP contribution in [0.1, 0.15) is 32.6 Å². The number of hydrazone groups is 1. The molecule has 5 aromatic rings. The Hall–Kier alpha value is -4.29.